The highest BCUT2D eigenvalue weighted by Gasteiger charge is 2.37. The van der Waals surface area contributed by atoms with E-state index in [1.807, 2.05) is 6.92 Å². The summed E-state index contributed by atoms with van der Waals surface area (Å²) in [5.74, 6) is -0.464. The van der Waals surface area contributed by atoms with Crippen molar-refractivity contribution in [2.45, 2.75) is 50.9 Å². The molecule has 2 rings (SSSR count). The molecule has 0 bridgehead atoms. The molecule has 1 aliphatic carbocycles. The maximum Gasteiger partial charge on any atom is 0.416 e. The molecule has 0 spiro atoms. The predicted octanol–water partition coefficient (Wildman–Crippen LogP) is 3.65. The monoisotopic (exact) mass is 350 g/mol. The van der Waals surface area contributed by atoms with Gasteiger partial charge < -0.3 is 11.1 Å². The smallest absolute Gasteiger partial charge is 0.352 e. The van der Waals surface area contributed by atoms with Crippen molar-refractivity contribution in [3.8, 4) is 0 Å². The van der Waals surface area contributed by atoms with Crippen LogP contribution in [0.2, 0.25) is 0 Å². The van der Waals surface area contributed by atoms with Gasteiger partial charge in [-0.25, -0.2) is 0 Å². The second kappa shape index (κ2) is 7.53. The van der Waals surface area contributed by atoms with E-state index in [0.29, 0.717) is 5.56 Å². The Morgan fingerprint density at radius 2 is 2.09 bits per heavy atom. The highest BCUT2D eigenvalue weighted by atomic mass is 35.5. The molecule has 23 heavy (non-hydrogen) atoms. The molecule has 0 aliphatic heterocycles. The maximum atomic E-state index is 12.7. The number of nitrogens with two attached hydrogens (primary N) is 1. The van der Waals surface area contributed by atoms with Crippen molar-refractivity contribution in [2.75, 3.05) is 0 Å². The molecule has 130 valence electrons. The minimum Gasteiger partial charge on any atom is -0.352 e. The average molecular weight is 351 g/mol. The van der Waals surface area contributed by atoms with E-state index in [1.165, 1.54) is 6.07 Å². The van der Waals surface area contributed by atoms with Gasteiger partial charge in [0.25, 0.3) is 0 Å². The zero-order chi connectivity index (χ0) is 16.4. The van der Waals surface area contributed by atoms with Crippen molar-refractivity contribution >= 4 is 18.3 Å². The molecular formula is C16H22ClF3N2O. The molecule has 2 unspecified atom stereocenters. The number of nitrogens with one attached hydrogen (secondary N) is 1. The van der Waals surface area contributed by atoms with Crippen LogP contribution in [0.25, 0.3) is 0 Å². The lowest BCUT2D eigenvalue weighted by molar-refractivity contribution is -0.137. The van der Waals surface area contributed by atoms with Crippen LogP contribution in [0.15, 0.2) is 24.3 Å². The lowest BCUT2D eigenvalue weighted by Gasteiger charge is -2.37. The number of amides is 1. The molecule has 3 N–H and O–H groups in total. The molecule has 3 nitrogen and oxygen atoms in total. The quantitative estimate of drug-likeness (QED) is 0.874. The van der Waals surface area contributed by atoms with Crippen molar-refractivity contribution in [3.63, 3.8) is 0 Å². The first-order valence-electron chi connectivity index (χ1n) is 7.43. The number of carbonyl (C=O) groups is 1. The van der Waals surface area contributed by atoms with Gasteiger partial charge in [-0.2, -0.15) is 13.2 Å². The summed E-state index contributed by atoms with van der Waals surface area (Å²) in [4.78, 5) is 12.3. The minimum absolute atomic E-state index is 0. The lowest BCUT2D eigenvalue weighted by atomic mass is 9.74. The van der Waals surface area contributed by atoms with E-state index in [2.05, 4.69) is 5.32 Å². The fraction of sp³-hybridized carbons (Fsp3) is 0.562. The van der Waals surface area contributed by atoms with Gasteiger partial charge in [-0.1, -0.05) is 25.0 Å². The summed E-state index contributed by atoms with van der Waals surface area (Å²) in [5.41, 5.74) is 5.34. The SMILES string of the molecule is CC1(N)CCCCC1C(=O)NCc1cccc(C(F)(F)F)c1.Cl. The van der Waals surface area contributed by atoms with E-state index in [-0.39, 0.29) is 30.8 Å². The van der Waals surface area contributed by atoms with Gasteiger partial charge in [0.1, 0.15) is 0 Å². The molecule has 1 amide bonds. The molecule has 0 aromatic heterocycles. The summed E-state index contributed by atoms with van der Waals surface area (Å²) in [7, 11) is 0. The van der Waals surface area contributed by atoms with E-state index in [0.717, 1.165) is 37.8 Å². The molecule has 1 aliphatic rings. The molecule has 2 atom stereocenters. The molecule has 1 fully saturated rings. The van der Waals surface area contributed by atoms with Crippen LogP contribution in [-0.2, 0) is 17.5 Å². The van der Waals surface area contributed by atoms with Crippen LogP contribution < -0.4 is 11.1 Å². The van der Waals surface area contributed by atoms with Gasteiger partial charge in [-0.3, -0.25) is 4.79 Å². The molecule has 0 heterocycles. The number of hydrogen-bond acceptors (Lipinski definition) is 2. The molecular weight excluding hydrogens is 329 g/mol. The van der Waals surface area contributed by atoms with Crippen LogP contribution in [0, 0.1) is 5.92 Å². The summed E-state index contributed by atoms with van der Waals surface area (Å²) in [6.07, 6.45) is -0.909. The second-order valence-corrected chi connectivity index (χ2v) is 6.22. The first-order chi connectivity index (χ1) is 10.2. The Hall–Kier alpha value is -1.27. The fourth-order valence-electron chi connectivity index (χ4n) is 2.96. The van der Waals surface area contributed by atoms with Gasteiger partial charge >= 0.3 is 6.18 Å². The minimum atomic E-state index is -4.38. The Labute approximate surface area is 140 Å². The third-order valence-corrected chi connectivity index (χ3v) is 4.29. The maximum absolute atomic E-state index is 12.7. The standard InChI is InChI=1S/C16H21F3N2O.ClH/c1-15(20)8-3-2-7-13(15)14(22)21-10-11-5-4-6-12(9-11)16(17,18)19;/h4-6,9,13H,2-3,7-8,10,20H2,1H3,(H,21,22);1H. The Balaban J connectivity index is 0.00000264. The van der Waals surface area contributed by atoms with Crippen LogP contribution in [0.5, 0.6) is 0 Å². The predicted molar refractivity (Wildman–Crippen MR) is 85.1 cm³/mol. The summed E-state index contributed by atoms with van der Waals surface area (Å²) >= 11 is 0. The van der Waals surface area contributed by atoms with Gasteiger partial charge in [0.15, 0.2) is 0 Å². The van der Waals surface area contributed by atoms with E-state index in [1.54, 1.807) is 6.07 Å². The number of benzene rings is 1. The van der Waals surface area contributed by atoms with E-state index < -0.39 is 17.3 Å². The lowest BCUT2D eigenvalue weighted by Crippen LogP contribution is -2.52. The van der Waals surface area contributed by atoms with Crippen LogP contribution in [0.4, 0.5) is 13.2 Å². The summed E-state index contributed by atoms with van der Waals surface area (Å²) in [6.45, 7) is 1.94. The van der Waals surface area contributed by atoms with E-state index >= 15 is 0 Å². The number of rotatable bonds is 3. The highest BCUT2D eigenvalue weighted by molar-refractivity contribution is 5.85. The van der Waals surface area contributed by atoms with Crippen molar-refractivity contribution in [1.29, 1.82) is 0 Å². The fourth-order valence-corrected chi connectivity index (χ4v) is 2.96. The van der Waals surface area contributed by atoms with Gasteiger partial charge in [0.2, 0.25) is 5.91 Å². The van der Waals surface area contributed by atoms with E-state index in [9.17, 15) is 18.0 Å². The first-order valence-corrected chi connectivity index (χ1v) is 7.43. The first kappa shape index (κ1) is 19.8. The number of carbonyl (C=O) groups excluding carboxylic acids is 1. The number of halogens is 4. The normalized spacial score (nSPS) is 24.7. The van der Waals surface area contributed by atoms with E-state index in [4.69, 9.17) is 5.73 Å². The molecule has 1 aromatic carbocycles. The average Bonchev–Trinajstić information content (AvgIpc) is 2.44. The van der Waals surface area contributed by atoms with Crippen molar-refractivity contribution in [1.82, 2.24) is 5.32 Å². The topological polar surface area (TPSA) is 55.1 Å². The zero-order valence-corrected chi connectivity index (χ0v) is 13.8. The largest absolute Gasteiger partial charge is 0.416 e. The summed E-state index contributed by atoms with van der Waals surface area (Å²) in [5, 5.41) is 2.72. The van der Waals surface area contributed by atoms with Gasteiger partial charge in [-0.15, -0.1) is 12.4 Å². The summed E-state index contributed by atoms with van der Waals surface area (Å²) < 4.78 is 38.0. The zero-order valence-electron chi connectivity index (χ0n) is 13.0. The Bertz CT molecular complexity index is 546. The van der Waals surface area contributed by atoms with Gasteiger partial charge in [-0.05, 0) is 37.5 Å². The van der Waals surface area contributed by atoms with Gasteiger partial charge in [0, 0.05) is 12.1 Å². The molecule has 1 aromatic rings. The Morgan fingerprint density at radius 1 is 1.39 bits per heavy atom. The van der Waals surface area contributed by atoms with Crippen molar-refractivity contribution < 1.29 is 18.0 Å². The number of alkyl halides is 3. The molecule has 0 radical (unpaired) electrons. The molecule has 1 saturated carbocycles. The Kier molecular flexibility index (Phi) is 6.48. The third-order valence-electron chi connectivity index (χ3n) is 4.29. The van der Waals surface area contributed by atoms with Crippen molar-refractivity contribution in [3.05, 3.63) is 35.4 Å². The Morgan fingerprint density at radius 3 is 2.70 bits per heavy atom. The van der Waals surface area contributed by atoms with Crippen LogP contribution in [0.1, 0.15) is 43.7 Å². The molecule has 7 heteroatoms. The van der Waals surface area contributed by atoms with Gasteiger partial charge in [0.05, 0.1) is 11.5 Å². The second-order valence-electron chi connectivity index (χ2n) is 6.22. The summed E-state index contributed by atoms with van der Waals surface area (Å²) in [6, 6.07) is 4.99. The van der Waals surface area contributed by atoms with Crippen LogP contribution in [0.3, 0.4) is 0 Å². The highest BCUT2D eigenvalue weighted by Crippen LogP contribution is 2.32. The van der Waals surface area contributed by atoms with Crippen LogP contribution >= 0.6 is 12.4 Å². The van der Waals surface area contributed by atoms with Crippen LogP contribution in [-0.4, -0.2) is 11.4 Å². The third kappa shape index (κ3) is 5.11. The number of hydrogen-bond donors (Lipinski definition) is 2. The molecule has 0 saturated heterocycles. The van der Waals surface area contributed by atoms with Crippen molar-refractivity contribution in [2.24, 2.45) is 11.7 Å².